The molecule has 0 aliphatic carbocycles. The number of carboxylic acids is 1. The fourth-order valence-electron chi connectivity index (χ4n) is 2.27. The summed E-state index contributed by atoms with van der Waals surface area (Å²) >= 11 is 0. The zero-order valence-corrected chi connectivity index (χ0v) is 12.4. The summed E-state index contributed by atoms with van der Waals surface area (Å²) in [4.78, 5) is 36.6. The van der Waals surface area contributed by atoms with E-state index < -0.39 is 12.0 Å². The van der Waals surface area contributed by atoms with Gasteiger partial charge in [0.15, 0.2) is 0 Å². The molecule has 6 heteroatoms. The fraction of sp³-hybridized carbons (Fsp3) is 0.786. The lowest BCUT2D eigenvalue weighted by molar-refractivity contribution is -0.144. The second-order valence-electron chi connectivity index (χ2n) is 5.50. The van der Waals surface area contributed by atoms with Gasteiger partial charge in [-0.25, -0.2) is 0 Å². The second kappa shape index (κ2) is 7.26. The van der Waals surface area contributed by atoms with Gasteiger partial charge >= 0.3 is 5.97 Å². The predicted octanol–water partition coefficient (Wildman–Crippen LogP) is 0.860. The molecule has 3 atom stereocenters. The van der Waals surface area contributed by atoms with Crippen LogP contribution in [0.15, 0.2) is 0 Å². The SMILES string of the molecule is CCC(C)C(=O)N1CCCC(C(=O)NC(C)C(=O)O)C1. The van der Waals surface area contributed by atoms with E-state index in [0.717, 1.165) is 12.8 Å². The van der Waals surface area contributed by atoms with Gasteiger partial charge in [0.1, 0.15) is 6.04 Å². The molecule has 2 N–H and O–H groups in total. The number of amides is 2. The molecular weight excluding hydrogens is 260 g/mol. The summed E-state index contributed by atoms with van der Waals surface area (Å²) in [5.74, 6) is -1.59. The number of hydrogen-bond acceptors (Lipinski definition) is 3. The molecule has 0 aromatic carbocycles. The third-order valence-corrected chi connectivity index (χ3v) is 3.87. The Morgan fingerprint density at radius 2 is 2.00 bits per heavy atom. The van der Waals surface area contributed by atoms with Crippen LogP contribution in [0.5, 0.6) is 0 Å². The molecule has 114 valence electrons. The highest BCUT2D eigenvalue weighted by molar-refractivity contribution is 5.86. The number of hydrogen-bond donors (Lipinski definition) is 2. The van der Waals surface area contributed by atoms with Crippen molar-refractivity contribution >= 4 is 17.8 Å². The van der Waals surface area contributed by atoms with Gasteiger partial charge in [0.25, 0.3) is 0 Å². The molecule has 3 unspecified atom stereocenters. The number of aliphatic carboxylic acids is 1. The Balaban J connectivity index is 2.58. The Kier molecular flexibility index (Phi) is 5.98. The Bertz CT molecular complexity index is 383. The van der Waals surface area contributed by atoms with Crippen LogP contribution in [0.1, 0.15) is 40.0 Å². The first kappa shape index (κ1) is 16.5. The van der Waals surface area contributed by atoms with Crippen molar-refractivity contribution in [2.24, 2.45) is 11.8 Å². The van der Waals surface area contributed by atoms with E-state index in [0.29, 0.717) is 19.5 Å². The highest BCUT2D eigenvalue weighted by atomic mass is 16.4. The lowest BCUT2D eigenvalue weighted by Crippen LogP contribution is -2.49. The first-order chi connectivity index (χ1) is 9.36. The van der Waals surface area contributed by atoms with Crippen LogP contribution in [0.3, 0.4) is 0 Å². The minimum absolute atomic E-state index is 0.0326. The summed E-state index contributed by atoms with van der Waals surface area (Å²) in [6.07, 6.45) is 2.26. The molecule has 1 aliphatic heterocycles. The van der Waals surface area contributed by atoms with Gasteiger partial charge in [0, 0.05) is 19.0 Å². The molecule has 0 spiro atoms. The van der Waals surface area contributed by atoms with Crippen LogP contribution in [-0.2, 0) is 14.4 Å². The summed E-state index contributed by atoms with van der Waals surface area (Å²) in [7, 11) is 0. The predicted molar refractivity (Wildman–Crippen MR) is 74.0 cm³/mol. The van der Waals surface area contributed by atoms with Gasteiger partial charge in [-0.3, -0.25) is 14.4 Å². The Morgan fingerprint density at radius 1 is 1.35 bits per heavy atom. The highest BCUT2D eigenvalue weighted by Crippen LogP contribution is 2.19. The topological polar surface area (TPSA) is 86.7 Å². The van der Waals surface area contributed by atoms with Gasteiger partial charge in [0.05, 0.1) is 5.92 Å². The number of nitrogens with zero attached hydrogens (tertiary/aromatic N) is 1. The molecule has 0 aromatic heterocycles. The molecule has 1 heterocycles. The first-order valence-corrected chi connectivity index (χ1v) is 7.18. The average Bonchev–Trinajstić information content (AvgIpc) is 2.45. The Morgan fingerprint density at radius 3 is 2.55 bits per heavy atom. The van der Waals surface area contributed by atoms with Gasteiger partial charge in [0.2, 0.25) is 11.8 Å². The summed E-state index contributed by atoms with van der Waals surface area (Å²) < 4.78 is 0. The first-order valence-electron chi connectivity index (χ1n) is 7.18. The summed E-state index contributed by atoms with van der Waals surface area (Å²) in [6.45, 7) is 6.36. The smallest absolute Gasteiger partial charge is 0.325 e. The van der Waals surface area contributed by atoms with Gasteiger partial charge < -0.3 is 15.3 Å². The maximum absolute atomic E-state index is 12.1. The quantitative estimate of drug-likeness (QED) is 0.784. The van der Waals surface area contributed by atoms with Gasteiger partial charge in [-0.1, -0.05) is 13.8 Å². The largest absolute Gasteiger partial charge is 0.480 e. The molecule has 1 saturated heterocycles. The van der Waals surface area contributed by atoms with Crippen LogP contribution < -0.4 is 5.32 Å². The molecule has 0 aromatic rings. The lowest BCUT2D eigenvalue weighted by Gasteiger charge is -2.33. The Hall–Kier alpha value is -1.59. The zero-order valence-electron chi connectivity index (χ0n) is 12.4. The van der Waals surface area contributed by atoms with Crippen molar-refractivity contribution in [2.45, 2.75) is 46.1 Å². The number of rotatable bonds is 5. The van der Waals surface area contributed by atoms with Crippen LogP contribution in [0, 0.1) is 11.8 Å². The number of carbonyl (C=O) groups is 3. The van der Waals surface area contributed by atoms with Crippen molar-refractivity contribution in [3.8, 4) is 0 Å². The van der Waals surface area contributed by atoms with E-state index in [-0.39, 0.29) is 23.7 Å². The Labute approximate surface area is 119 Å². The van der Waals surface area contributed by atoms with Crippen LogP contribution in [0.2, 0.25) is 0 Å². The molecule has 1 rings (SSSR count). The maximum Gasteiger partial charge on any atom is 0.325 e. The highest BCUT2D eigenvalue weighted by Gasteiger charge is 2.30. The zero-order chi connectivity index (χ0) is 15.3. The minimum atomic E-state index is -1.05. The molecule has 1 fully saturated rings. The average molecular weight is 284 g/mol. The van der Waals surface area contributed by atoms with Crippen LogP contribution in [0.4, 0.5) is 0 Å². The van der Waals surface area contributed by atoms with Crippen LogP contribution >= 0.6 is 0 Å². The number of nitrogens with one attached hydrogen (secondary N) is 1. The third-order valence-electron chi connectivity index (χ3n) is 3.87. The molecule has 0 bridgehead atoms. The van der Waals surface area contributed by atoms with E-state index in [4.69, 9.17) is 5.11 Å². The lowest BCUT2D eigenvalue weighted by atomic mass is 9.95. The monoisotopic (exact) mass is 284 g/mol. The van der Waals surface area contributed by atoms with Crippen molar-refractivity contribution in [1.82, 2.24) is 10.2 Å². The molecular formula is C14H24N2O4. The summed E-state index contributed by atoms with van der Waals surface area (Å²) in [5.41, 5.74) is 0. The van der Waals surface area contributed by atoms with Crippen molar-refractivity contribution in [1.29, 1.82) is 0 Å². The fourth-order valence-corrected chi connectivity index (χ4v) is 2.27. The standard InChI is InChI=1S/C14H24N2O4/c1-4-9(2)13(18)16-7-5-6-11(8-16)12(17)15-10(3)14(19)20/h9-11H,4-8H2,1-3H3,(H,15,17)(H,19,20). The summed E-state index contributed by atoms with van der Waals surface area (Å²) in [6, 6.07) is -0.900. The number of likely N-dealkylation sites (tertiary alicyclic amines) is 1. The van der Waals surface area contributed by atoms with E-state index >= 15 is 0 Å². The molecule has 1 aliphatic rings. The number of piperidine rings is 1. The van der Waals surface area contributed by atoms with Crippen molar-refractivity contribution < 1.29 is 19.5 Å². The third kappa shape index (κ3) is 4.21. The van der Waals surface area contributed by atoms with Gasteiger partial charge in [-0.2, -0.15) is 0 Å². The normalized spacial score (nSPS) is 21.9. The molecule has 0 radical (unpaired) electrons. The van der Waals surface area contributed by atoms with E-state index in [1.165, 1.54) is 6.92 Å². The van der Waals surface area contributed by atoms with Crippen molar-refractivity contribution in [3.63, 3.8) is 0 Å². The number of carbonyl (C=O) groups excluding carboxylic acids is 2. The van der Waals surface area contributed by atoms with Gasteiger partial charge in [-0.05, 0) is 26.2 Å². The minimum Gasteiger partial charge on any atom is -0.480 e. The van der Waals surface area contributed by atoms with Crippen LogP contribution in [0.25, 0.3) is 0 Å². The summed E-state index contributed by atoms with van der Waals surface area (Å²) in [5, 5.41) is 11.3. The number of carboxylic acid groups (broad SMARTS) is 1. The van der Waals surface area contributed by atoms with Crippen LogP contribution in [-0.4, -0.2) is 46.9 Å². The second-order valence-corrected chi connectivity index (χ2v) is 5.50. The van der Waals surface area contributed by atoms with E-state index in [1.54, 1.807) is 4.90 Å². The van der Waals surface area contributed by atoms with E-state index in [9.17, 15) is 14.4 Å². The molecule has 2 amide bonds. The van der Waals surface area contributed by atoms with Crippen molar-refractivity contribution in [3.05, 3.63) is 0 Å². The molecule has 6 nitrogen and oxygen atoms in total. The molecule has 0 saturated carbocycles. The van der Waals surface area contributed by atoms with E-state index in [1.807, 2.05) is 13.8 Å². The van der Waals surface area contributed by atoms with E-state index in [2.05, 4.69) is 5.32 Å². The maximum atomic E-state index is 12.1. The van der Waals surface area contributed by atoms with Crippen molar-refractivity contribution in [2.75, 3.05) is 13.1 Å². The van der Waals surface area contributed by atoms with Gasteiger partial charge in [-0.15, -0.1) is 0 Å². The molecule has 20 heavy (non-hydrogen) atoms.